The Labute approximate surface area is 304 Å². The van der Waals surface area contributed by atoms with Crippen LogP contribution in [0.4, 0.5) is 0 Å². The molecule has 0 unspecified atom stereocenters. The van der Waals surface area contributed by atoms with Gasteiger partial charge in [-0.2, -0.15) is 0 Å². The summed E-state index contributed by atoms with van der Waals surface area (Å²) in [6.07, 6.45) is 56.0. The number of allylic oxidation sites excluding steroid dienone is 2. The molecule has 0 aliphatic carbocycles. The van der Waals surface area contributed by atoms with Crippen LogP contribution in [0, 0.1) is 5.92 Å². The van der Waals surface area contributed by atoms with Crippen LogP contribution in [-0.2, 0) is 9.53 Å². The van der Waals surface area contributed by atoms with Gasteiger partial charge in [0.2, 0.25) is 0 Å². The molecular weight excluding hydrogens is 585 g/mol. The summed E-state index contributed by atoms with van der Waals surface area (Å²) in [5, 5.41) is 0. The first-order chi connectivity index (χ1) is 23.7. The lowest BCUT2D eigenvalue weighted by molar-refractivity contribution is -0.143. The lowest BCUT2D eigenvalue weighted by atomic mass is 10.0. The molecule has 0 bridgehead atoms. The van der Waals surface area contributed by atoms with Crippen molar-refractivity contribution in [1.29, 1.82) is 0 Å². The minimum Gasteiger partial charge on any atom is -0.466 e. The zero-order chi connectivity index (χ0) is 34.9. The van der Waals surface area contributed by atoms with Gasteiger partial charge in [-0.25, -0.2) is 0 Å². The van der Waals surface area contributed by atoms with E-state index >= 15 is 0 Å². The molecule has 0 aliphatic heterocycles. The van der Waals surface area contributed by atoms with Crippen molar-refractivity contribution in [2.24, 2.45) is 5.92 Å². The van der Waals surface area contributed by atoms with Gasteiger partial charge >= 0.3 is 5.97 Å². The number of carbonyl (C=O) groups is 1. The summed E-state index contributed by atoms with van der Waals surface area (Å²) in [5.41, 5.74) is 0. The average Bonchev–Trinajstić information content (AvgIpc) is 3.08. The number of unbranched alkanes of at least 4 members (excludes halogenated alkanes) is 33. The minimum atomic E-state index is 0.0268. The molecule has 48 heavy (non-hydrogen) atoms. The summed E-state index contributed by atoms with van der Waals surface area (Å²) in [5.74, 6) is 0.909. The van der Waals surface area contributed by atoms with Crippen molar-refractivity contribution >= 4 is 5.97 Å². The first kappa shape index (κ1) is 47.2. The van der Waals surface area contributed by atoms with Gasteiger partial charge in [0.05, 0.1) is 6.61 Å². The van der Waals surface area contributed by atoms with Crippen molar-refractivity contribution in [2.75, 3.05) is 6.61 Å². The molecule has 286 valence electrons. The molecule has 0 aromatic heterocycles. The molecule has 0 atom stereocenters. The molecule has 0 heterocycles. The number of carbonyl (C=O) groups excluding carboxylic acids is 1. The smallest absolute Gasteiger partial charge is 0.305 e. The third-order valence-electron chi connectivity index (χ3n) is 10.3. The summed E-state index contributed by atoms with van der Waals surface area (Å²) in [6, 6.07) is 0. The van der Waals surface area contributed by atoms with Crippen LogP contribution in [0.2, 0.25) is 0 Å². The largest absolute Gasteiger partial charge is 0.466 e. The fraction of sp³-hybridized carbons (Fsp3) is 0.935. The highest BCUT2D eigenvalue weighted by Gasteiger charge is 2.03. The maximum atomic E-state index is 12.0. The van der Waals surface area contributed by atoms with Crippen LogP contribution in [-0.4, -0.2) is 12.6 Å². The predicted octanol–water partition coefficient (Wildman–Crippen LogP) is 16.6. The Morgan fingerprint density at radius 1 is 0.417 bits per heavy atom. The first-order valence-corrected chi connectivity index (χ1v) is 22.5. The SMILES string of the molecule is CCCCCCCC/C=C\CCCCCCCCCCCC(=O)OCCCCCCCCCCCCCCCCCCCCCC(C)C. The topological polar surface area (TPSA) is 26.3 Å². The van der Waals surface area contributed by atoms with Crippen molar-refractivity contribution in [3.63, 3.8) is 0 Å². The van der Waals surface area contributed by atoms with Gasteiger partial charge in [-0.05, 0) is 44.4 Å². The summed E-state index contributed by atoms with van der Waals surface area (Å²) >= 11 is 0. The molecule has 0 saturated carbocycles. The van der Waals surface area contributed by atoms with Crippen molar-refractivity contribution in [2.45, 2.75) is 265 Å². The van der Waals surface area contributed by atoms with Gasteiger partial charge in [-0.15, -0.1) is 0 Å². The summed E-state index contributed by atoms with van der Waals surface area (Å²) < 4.78 is 5.48. The molecule has 2 nitrogen and oxygen atoms in total. The van der Waals surface area contributed by atoms with E-state index in [2.05, 4.69) is 32.9 Å². The van der Waals surface area contributed by atoms with Crippen LogP contribution in [0.25, 0.3) is 0 Å². The van der Waals surface area contributed by atoms with Crippen LogP contribution in [0.5, 0.6) is 0 Å². The van der Waals surface area contributed by atoms with E-state index in [1.165, 1.54) is 225 Å². The molecule has 0 N–H and O–H groups in total. The Hall–Kier alpha value is -0.790. The molecule has 0 rings (SSSR count). The quantitative estimate of drug-likeness (QED) is 0.0366. The number of hydrogen-bond donors (Lipinski definition) is 0. The molecule has 0 aromatic carbocycles. The molecule has 0 amide bonds. The van der Waals surface area contributed by atoms with E-state index < -0.39 is 0 Å². The van der Waals surface area contributed by atoms with Gasteiger partial charge in [-0.3, -0.25) is 4.79 Å². The summed E-state index contributed by atoms with van der Waals surface area (Å²) in [7, 11) is 0. The van der Waals surface area contributed by atoms with E-state index in [4.69, 9.17) is 4.74 Å². The van der Waals surface area contributed by atoms with Gasteiger partial charge in [0, 0.05) is 6.42 Å². The Morgan fingerprint density at radius 3 is 1.10 bits per heavy atom. The monoisotopic (exact) mass is 675 g/mol. The molecule has 0 aromatic rings. The van der Waals surface area contributed by atoms with E-state index in [1.807, 2.05) is 0 Å². The second-order valence-electron chi connectivity index (χ2n) is 15.9. The third-order valence-corrected chi connectivity index (χ3v) is 10.3. The second kappa shape index (κ2) is 42.4. The summed E-state index contributed by atoms with van der Waals surface area (Å²) in [4.78, 5) is 12.0. The maximum Gasteiger partial charge on any atom is 0.305 e. The second-order valence-corrected chi connectivity index (χ2v) is 15.9. The molecule has 0 spiro atoms. The van der Waals surface area contributed by atoms with Crippen molar-refractivity contribution in [1.82, 2.24) is 0 Å². The summed E-state index contributed by atoms with van der Waals surface area (Å²) in [6.45, 7) is 7.60. The zero-order valence-electron chi connectivity index (χ0n) is 33.6. The van der Waals surface area contributed by atoms with Crippen LogP contribution >= 0.6 is 0 Å². The standard InChI is InChI=1S/C46H90O2/c1-4-5-6-7-8-9-10-11-12-13-15-19-22-25-28-31-34-37-40-43-46(47)48-44-41-38-35-32-29-26-23-20-17-14-16-18-21-24-27-30-33-36-39-42-45(2)3/h11-12,45H,4-10,13-44H2,1-3H3/b12-11-. The van der Waals surface area contributed by atoms with Gasteiger partial charge in [0.25, 0.3) is 0 Å². The normalized spacial score (nSPS) is 11.8. The van der Waals surface area contributed by atoms with Crippen molar-refractivity contribution < 1.29 is 9.53 Å². The zero-order valence-corrected chi connectivity index (χ0v) is 33.6. The van der Waals surface area contributed by atoms with Gasteiger partial charge in [0.15, 0.2) is 0 Å². The highest BCUT2D eigenvalue weighted by Crippen LogP contribution is 2.16. The van der Waals surface area contributed by atoms with E-state index in [9.17, 15) is 4.79 Å². The number of hydrogen-bond acceptors (Lipinski definition) is 2. The average molecular weight is 675 g/mol. The predicted molar refractivity (Wildman–Crippen MR) is 216 cm³/mol. The maximum absolute atomic E-state index is 12.0. The Balaban J connectivity index is 3.17. The number of esters is 1. The fourth-order valence-electron chi connectivity index (χ4n) is 6.97. The van der Waals surface area contributed by atoms with Gasteiger partial charge in [-0.1, -0.05) is 232 Å². The third kappa shape index (κ3) is 43.2. The molecule has 0 aliphatic rings. The van der Waals surface area contributed by atoms with E-state index in [-0.39, 0.29) is 5.97 Å². The van der Waals surface area contributed by atoms with Crippen LogP contribution in [0.15, 0.2) is 12.2 Å². The first-order valence-electron chi connectivity index (χ1n) is 22.5. The number of ether oxygens (including phenoxy) is 1. The molecule has 0 fully saturated rings. The molecule has 0 saturated heterocycles. The van der Waals surface area contributed by atoms with Crippen molar-refractivity contribution in [3.8, 4) is 0 Å². The van der Waals surface area contributed by atoms with Crippen molar-refractivity contribution in [3.05, 3.63) is 12.2 Å². The van der Waals surface area contributed by atoms with E-state index in [0.717, 1.165) is 18.8 Å². The van der Waals surface area contributed by atoms with Crippen LogP contribution in [0.3, 0.4) is 0 Å². The molecular formula is C46H90O2. The van der Waals surface area contributed by atoms with Gasteiger partial charge < -0.3 is 4.74 Å². The Kier molecular flexibility index (Phi) is 41.7. The number of rotatable bonds is 41. The lowest BCUT2D eigenvalue weighted by Crippen LogP contribution is -2.05. The Bertz CT molecular complexity index is 624. The van der Waals surface area contributed by atoms with E-state index in [1.54, 1.807) is 0 Å². The highest BCUT2D eigenvalue weighted by atomic mass is 16.5. The van der Waals surface area contributed by atoms with Gasteiger partial charge in [0.1, 0.15) is 0 Å². The lowest BCUT2D eigenvalue weighted by Gasteiger charge is -2.06. The van der Waals surface area contributed by atoms with E-state index in [0.29, 0.717) is 13.0 Å². The fourth-order valence-corrected chi connectivity index (χ4v) is 6.97. The molecule has 0 radical (unpaired) electrons. The molecule has 2 heteroatoms. The minimum absolute atomic E-state index is 0.0268. The van der Waals surface area contributed by atoms with Crippen LogP contribution < -0.4 is 0 Å². The Morgan fingerprint density at radius 2 is 0.729 bits per heavy atom. The van der Waals surface area contributed by atoms with Crippen LogP contribution in [0.1, 0.15) is 265 Å². The highest BCUT2D eigenvalue weighted by molar-refractivity contribution is 5.69.